The number of anilines is 2. The monoisotopic (exact) mass is 510 g/mol. The van der Waals surface area contributed by atoms with Crippen molar-refractivity contribution in [1.29, 1.82) is 0 Å². The fourth-order valence-electron chi connectivity index (χ4n) is 3.61. The number of nitrogens with zero attached hydrogens (tertiary/aromatic N) is 3. The Balaban J connectivity index is 1.32. The number of halogens is 4. The molecule has 2 heterocycles. The molecule has 1 aromatic heterocycles. The van der Waals surface area contributed by atoms with Gasteiger partial charge in [-0.2, -0.15) is 13.2 Å². The number of piperazine rings is 1. The van der Waals surface area contributed by atoms with Crippen LogP contribution in [0, 0.1) is 0 Å². The van der Waals surface area contributed by atoms with Gasteiger partial charge in [0, 0.05) is 37.1 Å². The van der Waals surface area contributed by atoms with Crippen molar-refractivity contribution in [2.24, 2.45) is 0 Å². The lowest BCUT2D eigenvalue weighted by molar-refractivity contribution is -0.137. The quantitative estimate of drug-likeness (QED) is 0.491. The van der Waals surface area contributed by atoms with Gasteiger partial charge in [0.15, 0.2) is 5.13 Å². The van der Waals surface area contributed by atoms with E-state index in [4.69, 9.17) is 21.3 Å². The van der Waals surface area contributed by atoms with Gasteiger partial charge in [0.2, 0.25) is 5.91 Å². The Kier molecular flexibility index (Phi) is 7.30. The van der Waals surface area contributed by atoms with E-state index in [0.29, 0.717) is 26.2 Å². The minimum absolute atomic E-state index is 0.0482. The van der Waals surface area contributed by atoms with Crippen LogP contribution in [0.25, 0.3) is 11.3 Å². The van der Waals surface area contributed by atoms with E-state index in [0.717, 1.165) is 40.3 Å². The molecule has 11 heteroatoms. The standard InChI is InChI=1S/C23H22ClF3N4O2S/c1-33-17-4-2-3-15(11-17)20-14-34-22(29-20)31-9-7-30(8-10-31)13-21(32)28-19-12-16(23(25,26)27)5-6-18(19)24/h2-6,11-12,14H,7-10,13H2,1H3,(H,28,32). The fraction of sp³-hybridized carbons (Fsp3) is 0.304. The molecule has 1 aliphatic rings. The number of methoxy groups -OCH3 is 1. The average Bonchev–Trinajstić information content (AvgIpc) is 3.31. The molecule has 1 fully saturated rings. The molecule has 0 unspecified atom stereocenters. The SMILES string of the molecule is COc1cccc(-c2csc(N3CCN(CC(=O)Nc4cc(C(F)(F)F)ccc4Cl)CC3)n2)c1. The summed E-state index contributed by atoms with van der Waals surface area (Å²) in [5.41, 5.74) is 0.939. The number of benzene rings is 2. The van der Waals surface area contributed by atoms with Crippen molar-refractivity contribution in [3.05, 3.63) is 58.4 Å². The fourth-order valence-corrected chi connectivity index (χ4v) is 4.67. The lowest BCUT2D eigenvalue weighted by Crippen LogP contribution is -2.48. The Hall–Kier alpha value is -2.82. The first-order valence-corrected chi connectivity index (χ1v) is 11.7. The zero-order chi connectivity index (χ0) is 24.3. The summed E-state index contributed by atoms with van der Waals surface area (Å²) in [4.78, 5) is 21.3. The lowest BCUT2D eigenvalue weighted by Gasteiger charge is -2.34. The number of hydrogen-bond acceptors (Lipinski definition) is 6. The zero-order valence-electron chi connectivity index (χ0n) is 18.2. The smallest absolute Gasteiger partial charge is 0.416 e. The summed E-state index contributed by atoms with van der Waals surface area (Å²) < 4.78 is 44.1. The van der Waals surface area contributed by atoms with E-state index in [1.807, 2.05) is 34.5 Å². The molecule has 0 atom stereocenters. The molecule has 0 radical (unpaired) electrons. The second-order valence-corrected chi connectivity index (χ2v) is 8.99. The summed E-state index contributed by atoms with van der Waals surface area (Å²) >= 11 is 7.52. The van der Waals surface area contributed by atoms with Crippen LogP contribution in [0.2, 0.25) is 5.02 Å². The molecule has 0 saturated carbocycles. The minimum Gasteiger partial charge on any atom is -0.497 e. The largest absolute Gasteiger partial charge is 0.497 e. The second-order valence-electron chi connectivity index (χ2n) is 7.75. The van der Waals surface area contributed by atoms with Gasteiger partial charge < -0.3 is 15.0 Å². The first-order valence-electron chi connectivity index (χ1n) is 10.5. The van der Waals surface area contributed by atoms with Crippen LogP contribution in [0.15, 0.2) is 47.8 Å². The van der Waals surface area contributed by atoms with Gasteiger partial charge in [-0.3, -0.25) is 9.69 Å². The van der Waals surface area contributed by atoms with Gasteiger partial charge in [0.05, 0.1) is 35.6 Å². The van der Waals surface area contributed by atoms with Crippen LogP contribution < -0.4 is 15.0 Å². The van der Waals surface area contributed by atoms with Gasteiger partial charge in [-0.25, -0.2) is 4.98 Å². The van der Waals surface area contributed by atoms with Gasteiger partial charge in [0.25, 0.3) is 0 Å². The molecule has 0 spiro atoms. The van der Waals surface area contributed by atoms with Crippen molar-refractivity contribution in [2.75, 3.05) is 50.1 Å². The number of ether oxygens (including phenoxy) is 1. The molecule has 0 aliphatic carbocycles. The molecule has 1 amide bonds. The summed E-state index contributed by atoms with van der Waals surface area (Å²) in [6, 6.07) is 10.6. The van der Waals surface area contributed by atoms with Gasteiger partial charge in [-0.1, -0.05) is 23.7 Å². The highest BCUT2D eigenvalue weighted by Gasteiger charge is 2.31. The molecule has 34 heavy (non-hydrogen) atoms. The summed E-state index contributed by atoms with van der Waals surface area (Å²) in [5.74, 6) is 0.356. The molecular weight excluding hydrogens is 489 g/mol. The van der Waals surface area contributed by atoms with E-state index < -0.39 is 17.6 Å². The molecule has 4 rings (SSSR count). The Morgan fingerprint density at radius 2 is 1.94 bits per heavy atom. The number of alkyl halides is 3. The van der Waals surface area contributed by atoms with Crippen LogP contribution in [-0.2, 0) is 11.0 Å². The minimum atomic E-state index is -4.51. The molecule has 180 valence electrons. The van der Waals surface area contributed by atoms with E-state index in [1.54, 1.807) is 18.4 Å². The van der Waals surface area contributed by atoms with Crippen LogP contribution >= 0.6 is 22.9 Å². The van der Waals surface area contributed by atoms with Crippen LogP contribution in [0.1, 0.15) is 5.56 Å². The zero-order valence-corrected chi connectivity index (χ0v) is 19.8. The van der Waals surface area contributed by atoms with Crippen LogP contribution in [-0.4, -0.2) is 55.6 Å². The first-order chi connectivity index (χ1) is 16.2. The highest BCUT2D eigenvalue weighted by atomic mass is 35.5. The van der Waals surface area contributed by atoms with E-state index in [-0.39, 0.29) is 17.3 Å². The van der Waals surface area contributed by atoms with Crippen LogP contribution in [0.4, 0.5) is 24.0 Å². The number of carbonyl (C=O) groups excluding carboxylic acids is 1. The van der Waals surface area contributed by atoms with Gasteiger partial charge in [-0.15, -0.1) is 11.3 Å². The highest BCUT2D eigenvalue weighted by molar-refractivity contribution is 7.14. The van der Waals surface area contributed by atoms with Crippen LogP contribution in [0.3, 0.4) is 0 Å². The summed E-state index contributed by atoms with van der Waals surface area (Å²) in [6.07, 6.45) is -4.51. The molecule has 1 N–H and O–H groups in total. The van der Waals surface area contributed by atoms with Crippen molar-refractivity contribution in [1.82, 2.24) is 9.88 Å². The van der Waals surface area contributed by atoms with Crippen molar-refractivity contribution in [3.63, 3.8) is 0 Å². The average molecular weight is 511 g/mol. The van der Waals surface area contributed by atoms with Crippen molar-refractivity contribution >= 4 is 39.7 Å². The second kappa shape index (κ2) is 10.2. The van der Waals surface area contributed by atoms with Crippen molar-refractivity contribution in [2.45, 2.75) is 6.18 Å². The van der Waals surface area contributed by atoms with Gasteiger partial charge >= 0.3 is 6.18 Å². The third-order valence-electron chi connectivity index (χ3n) is 5.44. The molecule has 1 saturated heterocycles. The third-order valence-corrected chi connectivity index (χ3v) is 6.67. The Bertz CT molecular complexity index is 1160. The van der Waals surface area contributed by atoms with Crippen molar-refractivity contribution < 1.29 is 22.7 Å². The lowest BCUT2D eigenvalue weighted by atomic mass is 10.2. The number of carbonyl (C=O) groups is 1. The number of rotatable bonds is 6. The van der Waals surface area contributed by atoms with Crippen LogP contribution in [0.5, 0.6) is 5.75 Å². The van der Waals surface area contributed by atoms with Crippen molar-refractivity contribution in [3.8, 4) is 17.0 Å². The Labute approximate surface area is 203 Å². The maximum absolute atomic E-state index is 12.9. The predicted molar refractivity (Wildman–Crippen MR) is 128 cm³/mol. The van der Waals surface area contributed by atoms with E-state index in [9.17, 15) is 18.0 Å². The van der Waals surface area contributed by atoms with E-state index in [1.165, 1.54) is 0 Å². The van der Waals surface area contributed by atoms with Gasteiger partial charge in [0.1, 0.15) is 5.75 Å². The number of thiazole rings is 1. The summed E-state index contributed by atoms with van der Waals surface area (Å²) in [6.45, 7) is 2.67. The van der Waals surface area contributed by atoms with E-state index >= 15 is 0 Å². The molecular formula is C23H22ClF3N4O2S. The molecule has 2 aromatic carbocycles. The highest BCUT2D eigenvalue weighted by Crippen LogP contribution is 2.34. The number of hydrogen-bond donors (Lipinski definition) is 1. The van der Waals surface area contributed by atoms with Gasteiger partial charge in [-0.05, 0) is 30.3 Å². The Morgan fingerprint density at radius 1 is 1.18 bits per heavy atom. The number of aromatic nitrogens is 1. The molecule has 3 aromatic rings. The first kappa shape index (κ1) is 24.3. The molecule has 0 bridgehead atoms. The normalized spacial score (nSPS) is 14.8. The molecule has 6 nitrogen and oxygen atoms in total. The number of amides is 1. The maximum atomic E-state index is 12.9. The third kappa shape index (κ3) is 5.81. The predicted octanol–water partition coefficient (Wildman–Crippen LogP) is 5.25. The summed E-state index contributed by atoms with van der Waals surface area (Å²) in [7, 11) is 1.62. The Morgan fingerprint density at radius 3 is 2.65 bits per heavy atom. The molecule has 1 aliphatic heterocycles. The topological polar surface area (TPSA) is 57.7 Å². The van der Waals surface area contributed by atoms with E-state index in [2.05, 4.69) is 10.2 Å². The summed E-state index contributed by atoms with van der Waals surface area (Å²) in [5, 5.41) is 5.46. The number of nitrogens with one attached hydrogen (secondary N) is 1. The maximum Gasteiger partial charge on any atom is 0.416 e.